The van der Waals surface area contributed by atoms with Crippen LogP contribution in [0.15, 0.2) is 67.3 Å². The van der Waals surface area contributed by atoms with E-state index in [-0.39, 0.29) is 5.91 Å². The van der Waals surface area contributed by atoms with E-state index in [0.29, 0.717) is 5.92 Å². The van der Waals surface area contributed by atoms with Crippen molar-refractivity contribution in [3.8, 4) is 5.69 Å². The van der Waals surface area contributed by atoms with Crippen molar-refractivity contribution in [2.45, 2.75) is 25.7 Å². The molecule has 1 amide bonds. The summed E-state index contributed by atoms with van der Waals surface area (Å²) in [5.41, 5.74) is 2.98. The summed E-state index contributed by atoms with van der Waals surface area (Å²) in [6.07, 6.45) is 9.44. The van der Waals surface area contributed by atoms with Gasteiger partial charge >= 0.3 is 0 Å². The molecule has 0 unspecified atom stereocenters. The minimum absolute atomic E-state index is 0.115. The van der Waals surface area contributed by atoms with Crippen molar-refractivity contribution in [2.75, 3.05) is 33.2 Å². The summed E-state index contributed by atoms with van der Waals surface area (Å²) in [7, 11) is 2.05. The lowest BCUT2D eigenvalue weighted by molar-refractivity contribution is 0.0685. The van der Waals surface area contributed by atoms with Crippen molar-refractivity contribution >= 4 is 34.8 Å². The van der Waals surface area contributed by atoms with E-state index in [9.17, 15) is 4.79 Å². The SMILES string of the molecule is CN(CCC1CCN(C(=O)c2ccc(-n3ccnc3)cc2)CC1)C(=S)NCCc1ccc(Cl)cc1. The maximum absolute atomic E-state index is 12.9. The Balaban J connectivity index is 1.15. The van der Waals surface area contributed by atoms with Crippen LogP contribution in [-0.4, -0.2) is 63.6 Å². The second-order valence-corrected chi connectivity index (χ2v) is 9.89. The number of carbonyl (C=O) groups excluding carboxylic acids is 1. The number of imidazole rings is 1. The number of halogens is 1. The molecule has 0 saturated carbocycles. The Morgan fingerprint density at radius 1 is 1.14 bits per heavy atom. The molecule has 184 valence electrons. The molecule has 1 aliphatic heterocycles. The van der Waals surface area contributed by atoms with Gasteiger partial charge in [-0.05, 0) is 85.8 Å². The monoisotopic (exact) mass is 509 g/mol. The first-order valence-corrected chi connectivity index (χ1v) is 12.9. The van der Waals surface area contributed by atoms with Crippen LogP contribution in [-0.2, 0) is 6.42 Å². The van der Waals surface area contributed by atoms with Crippen LogP contribution in [0.1, 0.15) is 35.2 Å². The van der Waals surface area contributed by atoms with Crippen LogP contribution in [0.5, 0.6) is 0 Å². The third kappa shape index (κ3) is 7.05. The van der Waals surface area contributed by atoms with Gasteiger partial charge in [-0.1, -0.05) is 23.7 Å². The largest absolute Gasteiger partial charge is 0.362 e. The lowest BCUT2D eigenvalue weighted by atomic mass is 9.93. The van der Waals surface area contributed by atoms with Gasteiger partial charge in [0, 0.05) is 61.9 Å². The van der Waals surface area contributed by atoms with Gasteiger partial charge in [0.1, 0.15) is 0 Å². The number of hydrogen-bond donors (Lipinski definition) is 1. The molecule has 0 aliphatic carbocycles. The molecule has 0 radical (unpaired) electrons. The molecule has 1 fully saturated rings. The van der Waals surface area contributed by atoms with E-state index in [2.05, 4.69) is 15.2 Å². The highest BCUT2D eigenvalue weighted by Gasteiger charge is 2.24. The molecule has 0 bridgehead atoms. The van der Waals surface area contributed by atoms with Crippen LogP contribution in [0.4, 0.5) is 0 Å². The van der Waals surface area contributed by atoms with Gasteiger partial charge in [0.15, 0.2) is 5.11 Å². The van der Waals surface area contributed by atoms with Gasteiger partial charge in [0.2, 0.25) is 0 Å². The van der Waals surface area contributed by atoms with Crippen molar-refractivity contribution in [3.63, 3.8) is 0 Å². The van der Waals surface area contributed by atoms with Crippen molar-refractivity contribution in [1.82, 2.24) is 24.7 Å². The maximum atomic E-state index is 12.9. The summed E-state index contributed by atoms with van der Waals surface area (Å²) >= 11 is 11.5. The molecule has 3 aromatic rings. The number of amides is 1. The summed E-state index contributed by atoms with van der Waals surface area (Å²) in [5, 5.41) is 4.89. The van der Waals surface area contributed by atoms with E-state index in [1.54, 1.807) is 12.5 Å². The first-order valence-electron chi connectivity index (χ1n) is 12.1. The number of aromatic nitrogens is 2. The van der Waals surface area contributed by atoms with Gasteiger partial charge < -0.3 is 19.7 Å². The van der Waals surface area contributed by atoms with E-state index in [4.69, 9.17) is 23.8 Å². The van der Waals surface area contributed by atoms with E-state index in [1.165, 1.54) is 5.56 Å². The molecule has 0 spiro atoms. The molecular weight excluding hydrogens is 478 g/mol. The Morgan fingerprint density at radius 3 is 2.51 bits per heavy atom. The van der Waals surface area contributed by atoms with Gasteiger partial charge in [0.25, 0.3) is 5.91 Å². The number of benzene rings is 2. The zero-order valence-corrected chi connectivity index (χ0v) is 21.6. The van der Waals surface area contributed by atoms with Crippen LogP contribution < -0.4 is 5.32 Å². The average molecular weight is 510 g/mol. The van der Waals surface area contributed by atoms with Gasteiger partial charge in [-0.3, -0.25) is 4.79 Å². The minimum atomic E-state index is 0.115. The van der Waals surface area contributed by atoms with Crippen molar-refractivity contribution < 1.29 is 4.79 Å². The lowest BCUT2D eigenvalue weighted by Crippen LogP contribution is -2.41. The molecule has 1 saturated heterocycles. The van der Waals surface area contributed by atoms with E-state index in [1.807, 2.05) is 71.2 Å². The predicted octanol–water partition coefficient (Wildman–Crippen LogP) is 4.82. The first-order chi connectivity index (χ1) is 17.0. The smallest absolute Gasteiger partial charge is 0.253 e. The van der Waals surface area contributed by atoms with Crippen LogP contribution in [0.25, 0.3) is 5.69 Å². The fraction of sp³-hybridized carbons (Fsp3) is 0.370. The Kier molecular flexibility index (Phi) is 8.77. The number of hydrogen-bond acceptors (Lipinski definition) is 3. The van der Waals surface area contributed by atoms with Gasteiger partial charge in [-0.15, -0.1) is 0 Å². The fourth-order valence-corrected chi connectivity index (χ4v) is 4.69. The number of nitrogens with zero attached hydrogens (tertiary/aromatic N) is 4. The van der Waals surface area contributed by atoms with Crippen LogP contribution in [0, 0.1) is 5.92 Å². The number of piperidine rings is 1. The normalized spacial score (nSPS) is 14.1. The molecule has 1 N–H and O–H groups in total. The Labute approximate surface area is 217 Å². The number of rotatable bonds is 8. The van der Waals surface area contributed by atoms with Crippen LogP contribution in [0.2, 0.25) is 5.02 Å². The van der Waals surface area contributed by atoms with Crippen LogP contribution in [0.3, 0.4) is 0 Å². The summed E-state index contributed by atoms with van der Waals surface area (Å²) in [6, 6.07) is 15.7. The summed E-state index contributed by atoms with van der Waals surface area (Å²) < 4.78 is 1.93. The summed E-state index contributed by atoms with van der Waals surface area (Å²) in [4.78, 5) is 21.1. The maximum Gasteiger partial charge on any atom is 0.253 e. The predicted molar refractivity (Wildman–Crippen MR) is 145 cm³/mol. The highest BCUT2D eigenvalue weighted by Crippen LogP contribution is 2.22. The highest BCUT2D eigenvalue weighted by molar-refractivity contribution is 7.80. The Bertz CT molecular complexity index is 1090. The van der Waals surface area contributed by atoms with Crippen molar-refractivity contribution in [1.29, 1.82) is 0 Å². The van der Waals surface area contributed by atoms with E-state index >= 15 is 0 Å². The molecule has 2 aromatic carbocycles. The third-order valence-electron chi connectivity index (χ3n) is 6.64. The van der Waals surface area contributed by atoms with Crippen LogP contribution >= 0.6 is 23.8 Å². The van der Waals surface area contributed by atoms with Crippen molar-refractivity contribution in [2.24, 2.45) is 5.92 Å². The standard InChI is InChI=1S/C27H32ClN5OS/c1-31(27(35)30-14-10-21-2-6-24(28)7-3-21)16-11-22-12-17-32(18-13-22)26(34)23-4-8-25(9-5-23)33-19-15-29-20-33/h2-9,15,19-20,22H,10-14,16-18H2,1H3,(H,30,35). The van der Waals surface area contributed by atoms with Gasteiger partial charge in [-0.2, -0.15) is 0 Å². The van der Waals surface area contributed by atoms with E-state index < -0.39 is 0 Å². The van der Waals surface area contributed by atoms with E-state index in [0.717, 1.165) is 73.2 Å². The molecule has 1 aliphatic rings. The zero-order chi connectivity index (χ0) is 24.6. The molecule has 0 atom stereocenters. The second-order valence-electron chi connectivity index (χ2n) is 9.07. The Morgan fingerprint density at radius 2 is 1.86 bits per heavy atom. The molecule has 1 aromatic heterocycles. The quantitative estimate of drug-likeness (QED) is 0.441. The van der Waals surface area contributed by atoms with Gasteiger partial charge in [0.05, 0.1) is 6.33 Å². The first kappa shape index (κ1) is 25.2. The minimum Gasteiger partial charge on any atom is -0.362 e. The summed E-state index contributed by atoms with van der Waals surface area (Å²) in [6.45, 7) is 3.33. The molecule has 35 heavy (non-hydrogen) atoms. The Hall–Kier alpha value is -2.90. The number of likely N-dealkylation sites (tertiary alicyclic amines) is 1. The van der Waals surface area contributed by atoms with Gasteiger partial charge in [-0.25, -0.2) is 4.98 Å². The number of thiocarbonyl (C=S) groups is 1. The zero-order valence-electron chi connectivity index (χ0n) is 20.1. The topological polar surface area (TPSA) is 53.4 Å². The lowest BCUT2D eigenvalue weighted by Gasteiger charge is -2.33. The number of carbonyl (C=O) groups is 1. The fourth-order valence-electron chi connectivity index (χ4n) is 4.37. The molecule has 8 heteroatoms. The molecule has 6 nitrogen and oxygen atoms in total. The third-order valence-corrected chi connectivity index (χ3v) is 7.35. The van der Waals surface area contributed by atoms with Crippen molar-refractivity contribution in [3.05, 3.63) is 83.4 Å². The second kappa shape index (κ2) is 12.2. The number of nitrogens with one attached hydrogen (secondary N) is 1. The molecule has 4 rings (SSSR count). The highest BCUT2D eigenvalue weighted by atomic mass is 35.5. The summed E-state index contributed by atoms with van der Waals surface area (Å²) in [5.74, 6) is 0.728. The average Bonchev–Trinajstić information content (AvgIpc) is 3.43. The molecule has 2 heterocycles. The molecular formula is C27H32ClN5OS.